The number of hydrogen-bond acceptors (Lipinski definition) is 5. The number of nitrogens with one attached hydrogen (secondary N) is 1. The second kappa shape index (κ2) is 5.62. The van der Waals surface area contributed by atoms with Crippen LogP contribution in [-0.4, -0.2) is 27.3 Å². The van der Waals surface area contributed by atoms with E-state index in [1.54, 1.807) is 6.92 Å². The number of aryl methyl sites for hydroxylation is 1. The van der Waals surface area contributed by atoms with Gasteiger partial charge in [0, 0.05) is 5.56 Å². The lowest BCUT2D eigenvalue weighted by Crippen LogP contribution is -2.33. The molecule has 1 atom stereocenters. The summed E-state index contributed by atoms with van der Waals surface area (Å²) in [6.45, 7) is 3.80. The van der Waals surface area contributed by atoms with Crippen molar-refractivity contribution >= 4 is 5.97 Å². The molecule has 1 aromatic heterocycles. The molecule has 1 heterocycles. The van der Waals surface area contributed by atoms with Crippen LogP contribution in [0.1, 0.15) is 18.3 Å². The van der Waals surface area contributed by atoms with Crippen LogP contribution in [0.15, 0.2) is 28.8 Å². The van der Waals surface area contributed by atoms with Gasteiger partial charge in [0.05, 0.1) is 6.54 Å². The van der Waals surface area contributed by atoms with Crippen LogP contribution in [0.25, 0.3) is 11.5 Å². The minimum atomic E-state index is -0.914. The lowest BCUT2D eigenvalue weighted by molar-refractivity contribution is -0.139. The molecule has 0 amide bonds. The van der Waals surface area contributed by atoms with Gasteiger partial charge in [-0.25, -0.2) is 0 Å². The summed E-state index contributed by atoms with van der Waals surface area (Å²) in [6, 6.07) is 7.08. The van der Waals surface area contributed by atoms with Gasteiger partial charge in [-0.2, -0.15) is 4.98 Å². The maximum Gasteiger partial charge on any atom is 0.320 e. The predicted molar refractivity (Wildman–Crippen MR) is 68.4 cm³/mol. The van der Waals surface area contributed by atoms with Gasteiger partial charge in [-0.05, 0) is 26.0 Å². The summed E-state index contributed by atoms with van der Waals surface area (Å²) in [5.41, 5.74) is 1.96. The van der Waals surface area contributed by atoms with E-state index in [0.29, 0.717) is 11.7 Å². The first kappa shape index (κ1) is 13.2. The van der Waals surface area contributed by atoms with Crippen molar-refractivity contribution in [2.75, 3.05) is 0 Å². The first-order valence-corrected chi connectivity index (χ1v) is 5.92. The van der Waals surface area contributed by atoms with Gasteiger partial charge in [-0.15, -0.1) is 0 Å². The van der Waals surface area contributed by atoms with Crippen LogP contribution in [0.3, 0.4) is 0 Å². The highest BCUT2D eigenvalue weighted by Gasteiger charge is 2.13. The van der Waals surface area contributed by atoms with E-state index in [1.807, 2.05) is 31.2 Å². The number of carboxylic acids is 1. The molecule has 0 aliphatic rings. The molecular weight excluding hydrogens is 246 g/mol. The van der Waals surface area contributed by atoms with Crippen LogP contribution < -0.4 is 5.32 Å². The van der Waals surface area contributed by atoms with E-state index >= 15 is 0 Å². The zero-order valence-electron chi connectivity index (χ0n) is 10.8. The Morgan fingerprint density at radius 2 is 2.32 bits per heavy atom. The Morgan fingerprint density at radius 1 is 1.53 bits per heavy atom. The first-order valence-electron chi connectivity index (χ1n) is 5.92. The molecule has 6 heteroatoms. The number of benzene rings is 1. The van der Waals surface area contributed by atoms with Gasteiger partial charge in [-0.3, -0.25) is 10.1 Å². The van der Waals surface area contributed by atoms with Crippen molar-refractivity contribution in [3.8, 4) is 11.5 Å². The zero-order chi connectivity index (χ0) is 13.8. The summed E-state index contributed by atoms with van der Waals surface area (Å²) < 4.78 is 5.15. The van der Waals surface area contributed by atoms with Crippen LogP contribution in [0.5, 0.6) is 0 Å². The van der Waals surface area contributed by atoms with Gasteiger partial charge in [0.2, 0.25) is 0 Å². The average molecular weight is 261 g/mol. The Bertz CT molecular complexity index is 580. The average Bonchev–Trinajstić information content (AvgIpc) is 2.84. The topological polar surface area (TPSA) is 88.2 Å². The van der Waals surface area contributed by atoms with E-state index in [2.05, 4.69) is 15.5 Å². The van der Waals surface area contributed by atoms with Crippen LogP contribution in [0.2, 0.25) is 0 Å². The number of nitrogens with zero attached hydrogens (tertiary/aromatic N) is 2. The van der Waals surface area contributed by atoms with Gasteiger partial charge >= 0.3 is 5.97 Å². The van der Waals surface area contributed by atoms with Gasteiger partial charge < -0.3 is 9.63 Å². The monoisotopic (exact) mass is 261 g/mol. The molecule has 0 aliphatic heterocycles. The molecule has 100 valence electrons. The van der Waals surface area contributed by atoms with E-state index in [9.17, 15) is 4.79 Å². The fraction of sp³-hybridized carbons (Fsp3) is 0.308. The molecule has 19 heavy (non-hydrogen) atoms. The maximum absolute atomic E-state index is 10.7. The molecule has 2 N–H and O–H groups in total. The summed E-state index contributed by atoms with van der Waals surface area (Å²) >= 11 is 0. The highest BCUT2D eigenvalue weighted by molar-refractivity contribution is 5.72. The van der Waals surface area contributed by atoms with Crippen LogP contribution >= 0.6 is 0 Å². The van der Waals surface area contributed by atoms with Crippen molar-refractivity contribution in [3.63, 3.8) is 0 Å². The predicted octanol–water partition coefficient (Wildman–Crippen LogP) is 1.61. The molecule has 0 saturated carbocycles. The second-order valence-corrected chi connectivity index (χ2v) is 4.33. The number of rotatable bonds is 5. The largest absolute Gasteiger partial charge is 0.480 e. The molecule has 2 aromatic rings. The summed E-state index contributed by atoms with van der Waals surface area (Å²) in [4.78, 5) is 14.9. The molecule has 2 rings (SSSR count). The number of carbonyl (C=O) groups is 1. The Morgan fingerprint density at radius 3 is 3.00 bits per heavy atom. The molecule has 0 fully saturated rings. The second-order valence-electron chi connectivity index (χ2n) is 4.33. The maximum atomic E-state index is 10.7. The Balaban J connectivity index is 2.05. The molecule has 0 saturated heterocycles. The Labute approximate surface area is 110 Å². The minimum Gasteiger partial charge on any atom is -0.480 e. The fourth-order valence-electron chi connectivity index (χ4n) is 1.55. The van der Waals surface area contributed by atoms with Gasteiger partial charge in [0.25, 0.3) is 5.89 Å². The van der Waals surface area contributed by atoms with E-state index in [4.69, 9.17) is 9.63 Å². The normalized spacial score (nSPS) is 12.3. The third-order valence-corrected chi connectivity index (χ3v) is 2.67. The van der Waals surface area contributed by atoms with Crippen molar-refractivity contribution < 1.29 is 14.4 Å². The van der Waals surface area contributed by atoms with Crippen molar-refractivity contribution in [1.82, 2.24) is 15.5 Å². The van der Waals surface area contributed by atoms with Crippen LogP contribution in [0, 0.1) is 6.92 Å². The van der Waals surface area contributed by atoms with Crippen LogP contribution in [-0.2, 0) is 11.3 Å². The van der Waals surface area contributed by atoms with Crippen molar-refractivity contribution in [2.45, 2.75) is 26.4 Å². The minimum absolute atomic E-state index is 0.253. The smallest absolute Gasteiger partial charge is 0.320 e. The molecule has 0 aliphatic carbocycles. The summed E-state index contributed by atoms with van der Waals surface area (Å²) in [7, 11) is 0. The SMILES string of the molecule is Cc1cccc(-c2nc(CNC(C)C(=O)O)no2)c1. The van der Waals surface area contributed by atoms with E-state index < -0.39 is 12.0 Å². The van der Waals surface area contributed by atoms with Gasteiger partial charge in [-0.1, -0.05) is 22.9 Å². The molecule has 0 spiro atoms. The number of aliphatic carboxylic acids is 1. The third-order valence-electron chi connectivity index (χ3n) is 2.67. The summed E-state index contributed by atoms with van der Waals surface area (Å²) in [5.74, 6) is -0.0458. The lowest BCUT2D eigenvalue weighted by atomic mass is 10.1. The highest BCUT2D eigenvalue weighted by Crippen LogP contribution is 2.17. The Kier molecular flexibility index (Phi) is 3.91. The van der Waals surface area contributed by atoms with Crippen molar-refractivity contribution in [1.29, 1.82) is 0 Å². The van der Waals surface area contributed by atoms with Gasteiger partial charge in [0.15, 0.2) is 5.82 Å². The Hall–Kier alpha value is -2.21. The molecule has 6 nitrogen and oxygen atoms in total. The number of carboxylic acid groups (broad SMARTS) is 1. The first-order chi connectivity index (χ1) is 9.06. The highest BCUT2D eigenvalue weighted by atomic mass is 16.5. The molecule has 0 bridgehead atoms. The van der Waals surface area contributed by atoms with Gasteiger partial charge in [0.1, 0.15) is 6.04 Å². The molecule has 0 radical (unpaired) electrons. The standard InChI is InChI=1S/C13H15N3O3/c1-8-4-3-5-10(6-8)12-15-11(16-19-12)7-14-9(2)13(17)18/h3-6,9,14H,7H2,1-2H3,(H,17,18). The molecular formula is C13H15N3O3. The zero-order valence-corrected chi connectivity index (χ0v) is 10.8. The van der Waals surface area contributed by atoms with Crippen molar-refractivity contribution in [2.24, 2.45) is 0 Å². The summed E-state index contributed by atoms with van der Waals surface area (Å²) in [5, 5.41) is 15.3. The third kappa shape index (κ3) is 3.38. The number of aromatic nitrogens is 2. The quantitative estimate of drug-likeness (QED) is 0.850. The van der Waals surface area contributed by atoms with E-state index in [0.717, 1.165) is 11.1 Å². The van der Waals surface area contributed by atoms with Crippen molar-refractivity contribution in [3.05, 3.63) is 35.7 Å². The number of hydrogen-bond donors (Lipinski definition) is 2. The van der Waals surface area contributed by atoms with E-state index in [-0.39, 0.29) is 6.54 Å². The fourth-order valence-corrected chi connectivity index (χ4v) is 1.55. The van der Waals surface area contributed by atoms with E-state index in [1.165, 1.54) is 0 Å². The lowest BCUT2D eigenvalue weighted by Gasteiger charge is -2.05. The molecule has 1 unspecified atom stereocenters. The summed E-state index contributed by atoms with van der Waals surface area (Å²) in [6.07, 6.45) is 0. The molecule has 1 aromatic carbocycles. The van der Waals surface area contributed by atoms with Crippen LogP contribution in [0.4, 0.5) is 0 Å².